The van der Waals surface area contributed by atoms with Crippen LogP contribution in [0.4, 0.5) is 11.4 Å². The maximum atomic E-state index is 13.4. The van der Waals surface area contributed by atoms with Gasteiger partial charge in [-0.05, 0) is 59.1 Å². The molecule has 32 heavy (non-hydrogen) atoms. The van der Waals surface area contributed by atoms with E-state index < -0.39 is 5.92 Å². The minimum absolute atomic E-state index is 0.0603. The molecule has 160 valence electrons. The number of anilines is 2. The smallest absolute Gasteiger partial charge is 0.230 e. The minimum Gasteiger partial charge on any atom is -0.326 e. The highest BCUT2D eigenvalue weighted by Gasteiger charge is 2.45. The first-order valence-corrected chi connectivity index (χ1v) is 11.0. The summed E-state index contributed by atoms with van der Waals surface area (Å²) >= 11 is 1.55. The average molecular weight is 445 g/mol. The first-order chi connectivity index (χ1) is 15.6. The molecule has 1 fully saturated rings. The third kappa shape index (κ3) is 3.78. The van der Waals surface area contributed by atoms with Crippen molar-refractivity contribution in [3.8, 4) is 5.69 Å². The van der Waals surface area contributed by atoms with Crippen molar-refractivity contribution in [2.24, 2.45) is 5.92 Å². The third-order valence-electron chi connectivity index (χ3n) is 5.53. The number of nitrogens with one attached hydrogen (secondary N) is 1. The summed E-state index contributed by atoms with van der Waals surface area (Å²) in [6.45, 7) is 2.01. The van der Waals surface area contributed by atoms with Crippen molar-refractivity contribution >= 4 is 34.5 Å². The van der Waals surface area contributed by atoms with Gasteiger partial charge in [0.2, 0.25) is 11.8 Å². The van der Waals surface area contributed by atoms with E-state index in [-0.39, 0.29) is 24.3 Å². The van der Waals surface area contributed by atoms with Crippen LogP contribution in [-0.4, -0.2) is 32.0 Å². The van der Waals surface area contributed by atoms with E-state index in [0.717, 1.165) is 21.8 Å². The molecule has 0 aliphatic carbocycles. The van der Waals surface area contributed by atoms with Gasteiger partial charge in [-0.3, -0.25) is 9.59 Å². The molecule has 8 nitrogen and oxygen atoms in total. The molecule has 1 N–H and O–H groups in total. The zero-order valence-electron chi connectivity index (χ0n) is 17.3. The van der Waals surface area contributed by atoms with E-state index in [1.165, 1.54) is 11.0 Å². The monoisotopic (exact) mass is 444 g/mol. The topological polar surface area (TPSA) is 93.0 Å². The first kappa shape index (κ1) is 20.1. The van der Waals surface area contributed by atoms with Gasteiger partial charge in [-0.25, -0.2) is 4.68 Å². The Morgan fingerprint density at radius 2 is 1.94 bits per heavy atom. The van der Waals surface area contributed by atoms with Crippen LogP contribution >= 0.6 is 11.3 Å². The Balaban J connectivity index is 1.44. The van der Waals surface area contributed by atoms with Crippen LogP contribution in [0.15, 0.2) is 72.4 Å². The van der Waals surface area contributed by atoms with Crippen LogP contribution < -0.4 is 10.2 Å². The first-order valence-electron chi connectivity index (χ1n) is 10.2. The number of rotatable bonds is 5. The normalized spacial score (nSPS) is 18.2. The van der Waals surface area contributed by atoms with E-state index in [1.54, 1.807) is 28.4 Å². The Hall–Kier alpha value is -3.85. The number of hydrogen-bond donors (Lipinski definition) is 1. The molecular formula is C23H20N6O2S. The summed E-state index contributed by atoms with van der Waals surface area (Å²) in [5.41, 5.74) is 3.26. The number of carbonyl (C=O) groups excluding carboxylic acids is 2. The molecule has 2 aromatic carbocycles. The Morgan fingerprint density at radius 3 is 2.66 bits per heavy atom. The zero-order chi connectivity index (χ0) is 22.1. The molecule has 5 rings (SSSR count). The van der Waals surface area contributed by atoms with Crippen LogP contribution in [0.5, 0.6) is 0 Å². The maximum Gasteiger partial charge on any atom is 0.230 e. The second-order valence-corrected chi connectivity index (χ2v) is 8.64. The van der Waals surface area contributed by atoms with E-state index in [1.807, 2.05) is 60.8 Å². The summed E-state index contributed by atoms with van der Waals surface area (Å²) in [5.74, 6) is -0.769. The van der Waals surface area contributed by atoms with Crippen LogP contribution in [-0.2, 0) is 9.59 Å². The van der Waals surface area contributed by atoms with Crippen molar-refractivity contribution in [3.63, 3.8) is 0 Å². The number of tetrazole rings is 1. The number of thiophene rings is 1. The molecule has 4 aromatic rings. The fourth-order valence-electron chi connectivity index (χ4n) is 4.01. The summed E-state index contributed by atoms with van der Waals surface area (Å²) in [4.78, 5) is 29.2. The Morgan fingerprint density at radius 1 is 1.09 bits per heavy atom. The summed E-state index contributed by atoms with van der Waals surface area (Å²) in [5, 5.41) is 16.1. The molecular weight excluding hydrogens is 424 g/mol. The van der Waals surface area contributed by atoms with Crippen molar-refractivity contribution in [3.05, 3.63) is 82.8 Å². The lowest BCUT2D eigenvalue weighted by Crippen LogP contribution is -2.32. The molecule has 3 heterocycles. The number of amides is 2. The quantitative estimate of drug-likeness (QED) is 0.506. The molecule has 0 unspecified atom stereocenters. The lowest BCUT2D eigenvalue weighted by atomic mass is 9.97. The Bertz CT molecular complexity index is 1240. The van der Waals surface area contributed by atoms with Crippen molar-refractivity contribution < 1.29 is 9.59 Å². The van der Waals surface area contributed by atoms with Gasteiger partial charge in [0.05, 0.1) is 17.6 Å². The molecule has 9 heteroatoms. The number of aryl methyl sites for hydroxylation is 1. The highest BCUT2D eigenvalue weighted by Crippen LogP contribution is 2.43. The van der Waals surface area contributed by atoms with Gasteiger partial charge in [0.25, 0.3) is 0 Å². The Labute approximate surface area is 188 Å². The number of nitrogens with zero attached hydrogens (tertiary/aromatic N) is 5. The van der Waals surface area contributed by atoms with Crippen LogP contribution in [0.3, 0.4) is 0 Å². The van der Waals surface area contributed by atoms with Crippen LogP contribution in [0.25, 0.3) is 5.69 Å². The number of aromatic nitrogens is 4. The van der Waals surface area contributed by atoms with Gasteiger partial charge < -0.3 is 10.2 Å². The predicted molar refractivity (Wildman–Crippen MR) is 122 cm³/mol. The largest absolute Gasteiger partial charge is 0.326 e. The van der Waals surface area contributed by atoms with Gasteiger partial charge in [0, 0.05) is 22.7 Å². The second-order valence-electron chi connectivity index (χ2n) is 7.66. The highest BCUT2D eigenvalue weighted by atomic mass is 32.1. The molecule has 0 saturated carbocycles. The van der Waals surface area contributed by atoms with E-state index >= 15 is 0 Å². The van der Waals surface area contributed by atoms with E-state index in [0.29, 0.717) is 5.69 Å². The lowest BCUT2D eigenvalue weighted by Gasteiger charge is -2.27. The summed E-state index contributed by atoms with van der Waals surface area (Å²) in [6.07, 6.45) is 1.64. The van der Waals surface area contributed by atoms with Crippen molar-refractivity contribution in [1.29, 1.82) is 0 Å². The van der Waals surface area contributed by atoms with Crippen molar-refractivity contribution in [2.45, 2.75) is 19.4 Å². The van der Waals surface area contributed by atoms with E-state index in [9.17, 15) is 9.59 Å². The number of carbonyl (C=O) groups is 2. The summed E-state index contributed by atoms with van der Waals surface area (Å²) in [7, 11) is 0. The van der Waals surface area contributed by atoms with Crippen molar-refractivity contribution in [1.82, 2.24) is 20.2 Å². The molecule has 2 amide bonds. The fourth-order valence-corrected chi connectivity index (χ4v) is 4.89. The molecule has 0 bridgehead atoms. The molecule has 0 radical (unpaired) electrons. The second kappa shape index (κ2) is 8.35. The van der Waals surface area contributed by atoms with Crippen LogP contribution in [0.2, 0.25) is 0 Å². The Kier molecular flexibility index (Phi) is 5.24. The van der Waals surface area contributed by atoms with E-state index in [4.69, 9.17) is 0 Å². The van der Waals surface area contributed by atoms with Crippen LogP contribution in [0.1, 0.15) is 22.9 Å². The SMILES string of the molecule is Cc1ccc(N2C(=O)C[C@H](C(=O)Nc3cccc(-n4cnnn4)c3)[C@H]2c2cccs2)cc1. The van der Waals surface area contributed by atoms with Gasteiger partial charge in [-0.1, -0.05) is 29.8 Å². The molecule has 2 atom stereocenters. The maximum absolute atomic E-state index is 13.4. The average Bonchev–Trinajstić information content (AvgIpc) is 3.56. The summed E-state index contributed by atoms with van der Waals surface area (Å²) < 4.78 is 1.52. The molecule has 1 aliphatic heterocycles. The van der Waals surface area contributed by atoms with Gasteiger partial charge in [0.15, 0.2) is 0 Å². The highest BCUT2D eigenvalue weighted by molar-refractivity contribution is 7.10. The molecule has 0 spiro atoms. The molecule has 2 aromatic heterocycles. The standard InChI is InChI=1S/C23H20N6O2S/c1-15-7-9-17(10-8-15)29-21(30)13-19(22(29)20-6-3-11-32-20)23(31)25-16-4-2-5-18(12-16)28-14-24-26-27-28/h2-12,14,19,22H,13H2,1H3,(H,25,31)/t19-,22-/m0/s1. The minimum atomic E-state index is -0.515. The fraction of sp³-hybridized carbons (Fsp3) is 0.174. The zero-order valence-corrected chi connectivity index (χ0v) is 18.1. The third-order valence-corrected chi connectivity index (χ3v) is 6.48. The molecule has 1 aliphatic rings. The van der Waals surface area contributed by atoms with Gasteiger partial charge in [0.1, 0.15) is 6.33 Å². The predicted octanol–water partition coefficient (Wildman–Crippen LogP) is 3.77. The number of benzene rings is 2. The van der Waals surface area contributed by atoms with Gasteiger partial charge in [-0.15, -0.1) is 16.4 Å². The van der Waals surface area contributed by atoms with Crippen LogP contribution in [0, 0.1) is 12.8 Å². The lowest BCUT2D eigenvalue weighted by molar-refractivity contribution is -0.122. The van der Waals surface area contributed by atoms with Crippen molar-refractivity contribution in [2.75, 3.05) is 10.2 Å². The van der Waals surface area contributed by atoms with E-state index in [2.05, 4.69) is 20.8 Å². The summed E-state index contributed by atoms with van der Waals surface area (Å²) in [6, 6.07) is 18.7. The van der Waals surface area contributed by atoms with Gasteiger partial charge in [-0.2, -0.15) is 0 Å². The molecule has 1 saturated heterocycles. The number of hydrogen-bond acceptors (Lipinski definition) is 6. The van der Waals surface area contributed by atoms with Gasteiger partial charge >= 0.3 is 0 Å².